The highest BCUT2D eigenvalue weighted by molar-refractivity contribution is 5.78. The number of esters is 1. The van der Waals surface area contributed by atoms with Crippen molar-refractivity contribution >= 4 is 5.97 Å². The van der Waals surface area contributed by atoms with Gasteiger partial charge in [-0.1, -0.05) is 13.8 Å². The molecular weight excluding hydrogens is 218 g/mol. The fourth-order valence-electron chi connectivity index (χ4n) is 2.67. The second kappa shape index (κ2) is 5.36. The third kappa shape index (κ3) is 2.63. The molecule has 98 valence electrons. The van der Waals surface area contributed by atoms with Crippen LogP contribution in [0.15, 0.2) is 0 Å². The lowest BCUT2D eigenvalue weighted by Gasteiger charge is -2.30. The molecule has 0 aliphatic carbocycles. The fraction of sp³-hybridized carbons (Fsp3) is 0.923. The van der Waals surface area contributed by atoms with E-state index in [2.05, 4.69) is 19.2 Å². The first-order valence-electron chi connectivity index (χ1n) is 6.61. The van der Waals surface area contributed by atoms with Crippen LogP contribution in [0, 0.1) is 17.3 Å². The van der Waals surface area contributed by atoms with Gasteiger partial charge in [-0.3, -0.25) is 4.79 Å². The normalized spacial score (nSPS) is 33.2. The third-order valence-electron chi connectivity index (χ3n) is 4.17. The predicted octanol–water partition coefficient (Wildman–Crippen LogP) is 1.20. The minimum atomic E-state index is -0.306. The maximum atomic E-state index is 12.3. The van der Waals surface area contributed by atoms with Gasteiger partial charge in [0.2, 0.25) is 0 Å². The van der Waals surface area contributed by atoms with Crippen LogP contribution in [0.4, 0.5) is 0 Å². The molecule has 2 aliphatic heterocycles. The average Bonchev–Trinajstić information content (AvgIpc) is 2.97. The molecule has 0 amide bonds. The molecule has 0 bridgehead atoms. The zero-order valence-electron chi connectivity index (χ0n) is 10.8. The molecule has 0 spiro atoms. The number of hydrogen-bond acceptors (Lipinski definition) is 4. The lowest BCUT2D eigenvalue weighted by Crippen LogP contribution is -2.40. The fourth-order valence-corrected chi connectivity index (χ4v) is 2.67. The maximum absolute atomic E-state index is 12.3. The Kier molecular flexibility index (Phi) is 4.05. The first kappa shape index (κ1) is 12.8. The van der Waals surface area contributed by atoms with E-state index in [1.165, 1.54) is 0 Å². The molecule has 0 aromatic rings. The molecule has 2 heterocycles. The maximum Gasteiger partial charge on any atom is 0.313 e. The summed E-state index contributed by atoms with van der Waals surface area (Å²) in [6.07, 6.45) is 1.91. The number of carbonyl (C=O) groups is 1. The van der Waals surface area contributed by atoms with Crippen molar-refractivity contribution < 1.29 is 14.3 Å². The Morgan fingerprint density at radius 1 is 1.59 bits per heavy atom. The molecule has 2 unspecified atom stereocenters. The van der Waals surface area contributed by atoms with E-state index in [1.54, 1.807) is 0 Å². The quantitative estimate of drug-likeness (QED) is 0.751. The highest BCUT2D eigenvalue weighted by Crippen LogP contribution is 2.35. The molecule has 0 aromatic heterocycles. The van der Waals surface area contributed by atoms with E-state index in [9.17, 15) is 4.79 Å². The van der Waals surface area contributed by atoms with Crippen LogP contribution in [-0.4, -0.2) is 38.9 Å². The molecule has 4 nitrogen and oxygen atoms in total. The molecule has 2 atom stereocenters. The third-order valence-corrected chi connectivity index (χ3v) is 4.17. The van der Waals surface area contributed by atoms with Gasteiger partial charge in [-0.15, -0.1) is 0 Å². The van der Waals surface area contributed by atoms with Gasteiger partial charge in [-0.25, -0.2) is 0 Å². The van der Waals surface area contributed by atoms with Crippen molar-refractivity contribution in [2.75, 3.05) is 32.9 Å². The van der Waals surface area contributed by atoms with Crippen LogP contribution in [0.2, 0.25) is 0 Å². The first-order chi connectivity index (χ1) is 8.15. The van der Waals surface area contributed by atoms with Crippen LogP contribution in [-0.2, 0) is 14.3 Å². The van der Waals surface area contributed by atoms with Crippen molar-refractivity contribution in [3.05, 3.63) is 0 Å². The Hall–Kier alpha value is -0.610. The average molecular weight is 241 g/mol. The Labute approximate surface area is 103 Å². The summed E-state index contributed by atoms with van der Waals surface area (Å²) < 4.78 is 10.8. The lowest BCUT2D eigenvalue weighted by molar-refractivity contribution is -0.159. The highest BCUT2D eigenvalue weighted by Gasteiger charge is 2.45. The van der Waals surface area contributed by atoms with Crippen LogP contribution in [0.1, 0.15) is 26.7 Å². The standard InChI is InChI=1S/C13H23NO3/c1-10(2)13(4-5-14-9-13)12(15)17-8-11-3-6-16-7-11/h10-11,14H,3-9H2,1-2H3. The van der Waals surface area contributed by atoms with Gasteiger partial charge >= 0.3 is 5.97 Å². The van der Waals surface area contributed by atoms with Crippen molar-refractivity contribution in [1.82, 2.24) is 5.32 Å². The molecule has 1 N–H and O–H groups in total. The molecule has 2 aliphatic rings. The van der Waals surface area contributed by atoms with Crippen molar-refractivity contribution in [2.45, 2.75) is 26.7 Å². The molecule has 2 saturated heterocycles. The van der Waals surface area contributed by atoms with Crippen LogP contribution >= 0.6 is 0 Å². The highest BCUT2D eigenvalue weighted by atomic mass is 16.5. The summed E-state index contributed by atoms with van der Waals surface area (Å²) >= 11 is 0. The van der Waals surface area contributed by atoms with Crippen LogP contribution in [0.5, 0.6) is 0 Å². The zero-order chi connectivity index (χ0) is 12.3. The molecule has 0 radical (unpaired) electrons. The lowest BCUT2D eigenvalue weighted by atomic mass is 9.76. The summed E-state index contributed by atoms with van der Waals surface area (Å²) in [5.74, 6) is 0.701. The molecule has 4 heteroatoms. The van der Waals surface area contributed by atoms with Crippen LogP contribution < -0.4 is 5.32 Å². The second-order valence-corrected chi connectivity index (χ2v) is 5.57. The van der Waals surface area contributed by atoms with Gasteiger partial charge in [-0.2, -0.15) is 0 Å². The largest absolute Gasteiger partial charge is 0.465 e. The number of carbonyl (C=O) groups excluding carboxylic acids is 1. The van der Waals surface area contributed by atoms with Crippen LogP contribution in [0.25, 0.3) is 0 Å². The van der Waals surface area contributed by atoms with Gasteiger partial charge in [0.25, 0.3) is 0 Å². The molecule has 0 saturated carbocycles. The molecule has 2 rings (SSSR count). The zero-order valence-corrected chi connectivity index (χ0v) is 10.8. The van der Waals surface area contributed by atoms with Gasteiger partial charge in [-0.05, 0) is 25.3 Å². The monoisotopic (exact) mass is 241 g/mol. The van der Waals surface area contributed by atoms with Gasteiger partial charge < -0.3 is 14.8 Å². The van der Waals surface area contributed by atoms with E-state index in [0.29, 0.717) is 18.4 Å². The van der Waals surface area contributed by atoms with E-state index < -0.39 is 0 Å². The van der Waals surface area contributed by atoms with E-state index in [0.717, 1.165) is 39.1 Å². The topological polar surface area (TPSA) is 47.6 Å². The van der Waals surface area contributed by atoms with Crippen molar-refractivity contribution in [3.8, 4) is 0 Å². The van der Waals surface area contributed by atoms with E-state index in [1.807, 2.05) is 0 Å². The smallest absolute Gasteiger partial charge is 0.313 e. The summed E-state index contributed by atoms with van der Waals surface area (Å²) in [6, 6.07) is 0. The van der Waals surface area contributed by atoms with Gasteiger partial charge in [0, 0.05) is 19.1 Å². The minimum Gasteiger partial charge on any atom is -0.465 e. The summed E-state index contributed by atoms with van der Waals surface area (Å²) in [5.41, 5.74) is -0.306. The number of hydrogen-bond donors (Lipinski definition) is 1. The van der Waals surface area contributed by atoms with E-state index in [4.69, 9.17) is 9.47 Å². The van der Waals surface area contributed by atoms with Gasteiger partial charge in [0.1, 0.15) is 0 Å². The molecule has 17 heavy (non-hydrogen) atoms. The van der Waals surface area contributed by atoms with Crippen LogP contribution in [0.3, 0.4) is 0 Å². The summed E-state index contributed by atoms with van der Waals surface area (Å²) in [5, 5.41) is 3.28. The van der Waals surface area contributed by atoms with Crippen molar-refractivity contribution in [3.63, 3.8) is 0 Å². The number of ether oxygens (including phenoxy) is 2. The Morgan fingerprint density at radius 3 is 2.94 bits per heavy atom. The molecule has 2 fully saturated rings. The Morgan fingerprint density at radius 2 is 2.41 bits per heavy atom. The summed E-state index contributed by atoms with van der Waals surface area (Å²) in [6.45, 7) is 7.94. The van der Waals surface area contributed by atoms with Crippen molar-refractivity contribution in [2.24, 2.45) is 17.3 Å². The predicted molar refractivity (Wildman–Crippen MR) is 64.6 cm³/mol. The molecular formula is C13H23NO3. The van der Waals surface area contributed by atoms with Crippen molar-refractivity contribution in [1.29, 1.82) is 0 Å². The number of nitrogens with one attached hydrogen (secondary N) is 1. The second-order valence-electron chi connectivity index (χ2n) is 5.57. The number of rotatable bonds is 4. The molecule has 0 aromatic carbocycles. The Bertz CT molecular complexity index is 266. The van der Waals surface area contributed by atoms with E-state index in [-0.39, 0.29) is 11.4 Å². The Balaban J connectivity index is 1.88. The van der Waals surface area contributed by atoms with Gasteiger partial charge in [0.15, 0.2) is 0 Å². The summed E-state index contributed by atoms with van der Waals surface area (Å²) in [4.78, 5) is 12.3. The van der Waals surface area contributed by atoms with E-state index >= 15 is 0 Å². The summed E-state index contributed by atoms with van der Waals surface area (Å²) in [7, 11) is 0. The van der Waals surface area contributed by atoms with Gasteiger partial charge in [0.05, 0.1) is 18.6 Å². The first-order valence-corrected chi connectivity index (χ1v) is 6.61. The minimum absolute atomic E-state index is 0.0237. The SMILES string of the molecule is CC(C)C1(C(=O)OCC2CCOC2)CCNC1.